The number of halogens is 2. The summed E-state index contributed by atoms with van der Waals surface area (Å²) in [6.45, 7) is 4.26. The number of carboxylic acids is 1. The van der Waals surface area contributed by atoms with Crippen LogP contribution in [0.15, 0.2) is 18.2 Å². The lowest BCUT2D eigenvalue weighted by Crippen LogP contribution is -2.45. The van der Waals surface area contributed by atoms with E-state index in [2.05, 4.69) is 10.1 Å². The summed E-state index contributed by atoms with van der Waals surface area (Å²) in [5, 5.41) is 14.3. The summed E-state index contributed by atoms with van der Waals surface area (Å²) in [6.07, 6.45) is 0.415. The lowest BCUT2D eigenvalue weighted by Gasteiger charge is -2.34. The number of para-hydroxylation sites is 1. The quantitative estimate of drug-likeness (QED) is 0.860. The molecule has 2 aromatic rings. The Bertz CT molecular complexity index is 847. The Morgan fingerprint density at radius 1 is 1.27 bits per heavy atom. The summed E-state index contributed by atoms with van der Waals surface area (Å²) < 4.78 is 1.45. The highest BCUT2D eigenvalue weighted by atomic mass is 35.5. The molecule has 2 heterocycles. The molecule has 1 amide bonds. The molecule has 0 saturated carbocycles. The molecule has 1 aliphatic rings. The number of likely N-dealkylation sites (tertiary alicyclic amines) is 1. The van der Waals surface area contributed by atoms with Gasteiger partial charge < -0.3 is 10.0 Å². The summed E-state index contributed by atoms with van der Waals surface area (Å²) in [4.78, 5) is 29.8. The molecule has 3 rings (SSSR count). The van der Waals surface area contributed by atoms with Crippen molar-refractivity contribution in [1.29, 1.82) is 0 Å². The number of aromatic nitrogens is 3. The average molecular weight is 397 g/mol. The van der Waals surface area contributed by atoms with Crippen LogP contribution in [0.2, 0.25) is 10.0 Å². The van der Waals surface area contributed by atoms with Gasteiger partial charge in [0.2, 0.25) is 5.82 Å². The zero-order chi connectivity index (χ0) is 19.0. The lowest BCUT2D eigenvalue weighted by molar-refractivity contribution is -0.145. The average Bonchev–Trinajstić information content (AvgIpc) is 2.95. The first kappa shape index (κ1) is 18.7. The number of amides is 1. The minimum Gasteiger partial charge on any atom is -0.481 e. The van der Waals surface area contributed by atoms with Gasteiger partial charge in [0, 0.05) is 13.1 Å². The number of hydrogen-bond donors (Lipinski definition) is 1. The maximum Gasteiger partial charge on any atom is 0.306 e. The van der Waals surface area contributed by atoms with Gasteiger partial charge in [-0.3, -0.25) is 9.59 Å². The summed E-state index contributed by atoms with van der Waals surface area (Å²) in [5.74, 6) is -1.20. The van der Waals surface area contributed by atoms with Gasteiger partial charge in [0.1, 0.15) is 11.5 Å². The van der Waals surface area contributed by atoms with E-state index in [0.717, 1.165) is 0 Å². The summed E-state index contributed by atoms with van der Waals surface area (Å²) in [5.41, 5.74) is 0.470. The number of piperidine rings is 1. The fourth-order valence-electron chi connectivity index (χ4n) is 3.22. The first-order chi connectivity index (χ1) is 12.3. The van der Waals surface area contributed by atoms with Crippen LogP contribution in [0.1, 0.15) is 29.8 Å². The molecule has 1 aliphatic heterocycles. The molecule has 1 aromatic carbocycles. The van der Waals surface area contributed by atoms with Gasteiger partial charge in [-0.1, -0.05) is 36.2 Å². The van der Waals surface area contributed by atoms with Crippen molar-refractivity contribution in [3.8, 4) is 5.69 Å². The van der Waals surface area contributed by atoms with Crippen molar-refractivity contribution in [1.82, 2.24) is 19.7 Å². The Hall–Kier alpha value is -2.12. The smallest absolute Gasteiger partial charge is 0.306 e. The third-order valence-electron chi connectivity index (χ3n) is 4.62. The van der Waals surface area contributed by atoms with E-state index in [4.69, 9.17) is 23.2 Å². The van der Waals surface area contributed by atoms with Gasteiger partial charge in [-0.25, -0.2) is 9.67 Å². The van der Waals surface area contributed by atoms with E-state index < -0.39 is 11.9 Å². The molecule has 138 valence electrons. The van der Waals surface area contributed by atoms with Crippen molar-refractivity contribution >= 4 is 35.1 Å². The normalized spacial score (nSPS) is 20.2. The van der Waals surface area contributed by atoms with Gasteiger partial charge in [-0.15, -0.1) is 5.10 Å². The van der Waals surface area contributed by atoms with Gasteiger partial charge in [-0.05, 0) is 31.4 Å². The molecule has 2 atom stereocenters. The molecule has 1 aromatic heterocycles. The van der Waals surface area contributed by atoms with E-state index in [-0.39, 0.29) is 17.6 Å². The van der Waals surface area contributed by atoms with Gasteiger partial charge in [0.05, 0.1) is 16.0 Å². The second-order valence-corrected chi connectivity index (χ2v) is 7.24. The molecule has 9 heteroatoms. The second-order valence-electron chi connectivity index (χ2n) is 6.43. The predicted octanol–water partition coefficient (Wildman–Crippen LogP) is 3.07. The predicted molar refractivity (Wildman–Crippen MR) is 96.9 cm³/mol. The van der Waals surface area contributed by atoms with Crippen LogP contribution in [0.4, 0.5) is 0 Å². The number of carbonyl (C=O) groups is 2. The number of benzene rings is 1. The molecule has 1 N–H and O–H groups in total. The summed E-state index contributed by atoms with van der Waals surface area (Å²) in [7, 11) is 0. The first-order valence-electron chi connectivity index (χ1n) is 8.19. The van der Waals surface area contributed by atoms with Gasteiger partial charge in [-0.2, -0.15) is 0 Å². The molecule has 0 bridgehead atoms. The fraction of sp³-hybridized carbons (Fsp3) is 0.412. The number of aliphatic carboxylic acids is 1. The Labute approximate surface area is 160 Å². The Kier molecular flexibility index (Phi) is 5.20. The lowest BCUT2D eigenvalue weighted by atomic mass is 9.87. The molecule has 1 fully saturated rings. The molecule has 26 heavy (non-hydrogen) atoms. The van der Waals surface area contributed by atoms with Crippen LogP contribution < -0.4 is 0 Å². The zero-order valence-electron chi connectivity index (χ0n) is 14.3. The Balaban J connectivity index is 1.85. The van der Waals surface area contributed by atoms with Crippen molar-refractivity contribution in [3.05, 3.63) is 39.9 Å². The van der Waals surface area contributed by atoms with E-state index in [0.29, 0.717) is 41.1 Å². The minimum absolute atomic E-state index is 0.0412. The monoisotopic (exact) mass is 396 g/mol. The van der Waals surface area contributed by atoms with Crippen LogP contribution in [0, 0.1) is 18.8 Å². The van der Waals surface area contributed by atoms with Crippen LogP contribution in [0.5, 0.6) is 0 Å². The van der Waals surface area contributed by atoms with Crippen LogP contribution >= 0.6 is 23.2 Å². The molecular weight excluding hydrogens is 379 g/mol. The maximum atomic E-state index is 12.8. The third-order valence-corrected chi connectivity index (χ3v) is 5.23. The minimum atomic E-state index is -0.823. The van der Waals surface area contributed by atoms with E-state index >= 15 is 0 Å². The van der Waals surface area contributed by atoms with Crippen LogP contribution in [0.3, 0.4) is 0 Å². The van der Waals surface area contributed by atoms with Crippen molar-refractivity contribution < 1.29 is 14.7 Å². The van der Waals surface area contributed by atoms with E-state index in [1.807, 2.05) is 6.92 Å². The van der Waals surface area contributed by atoms with E-state index in [1.165, 1.54) is 4.68 Å². The third kappa shape index (κ3) is 3.41. The first-order valence-corrected chi connectivity index (χ1v) is 8.95. The number of hydrogen-bond acceptors (Lipinski definition) is 4. The number of carbonyl (C=O) groups excluding carboxylic acids is 1. The molecular formula is C17H18Cl2N4O3. The molecule has 2 unspecified atom stereocenters. The highest BCUT2D eigenvalue weighted by molar-refractivity contribution is 6.37. The number of rotatable bonds is 3. The highest BCUT2D eigenvalue weighted by Gasteiger charge is 2.34. The van der Waals surface area contributed by atoms with Crippen LogP contribution in [-0.2, 0) is 4.79 Å². The number of carboxylic acid groups (broad SMARTS) is 1. The summed E-state index contributed by atoms with van der Waals surface area (Å²) >= 11 is 12.4. The molecule has 0 spiro atoms. The van der Waals surface area contributed by atoms with Crippen molar-refractivity contribution in [3.63, 3.8) is 0 Å². The fourth-order valence-corrected chi connectivity index (χ4v) is 3.78. The van der Waals surface area contributed by atoms with Crippen molar-refractivity contribution in [2.24, 2.45) is 11.8 Å². The standard InChI is InChI=1S/C17H18Cl2N4O3/c1-9-8-22(7-6-11(9)17(25)26)16(24)15-20-10(2)23(21-15)14-12(18)4-3-5-13(14)19/h3-5,9,11H,6-8H2,1-2H3,(H,25,26). The maximum absolute atomic E-state index is 12.8. The topological polar surface area (TPSA) is 88.3 Å². The van der Waals surface area contributed by atoms with Crippen molar-refractivity contribution in [2.75, 3.05) is 13.1 Å². The Morgan fingerprint density at radius 2 is 1.92 bits per heavy atom. The van der Waals surface area contributed by atoms with E-state index in [9.17, 15) is 14.7 Å². The molecule has 7 nitrogen and oxygen atoms in total. The largest absolute Gasteiger partial charge is 0.481 e. The molecule has 0 aliphatic carbocycles. The van der Waals surface area contributed by atoms with Crippen LogP contribution in [0.25, 0.3) is 5.69 Å². The van der Waals surface area contributed by atoms with Gasteiger partial charge in [0.25, 0.3) is 5.91 Å². The second kappa shape index (κ2) is 7.25. The van der Waals surface area contributed by atoms with Gasteiger partial charge >= 0.3 is 5.97 Å². The number of aryl methyl sites for hydroxylation is 1. The Morgan fingerprint density at radius 3 is 2.50 bits per heavy atom. The summed E-state index contributed by atoms with van der Waals surface area (Å²) in [6, 6.07) is 5.09. The van der Waals surface area contributed by atoms with Crippen molar-refractivity contribution in [2.45, 2.75) is 20.3 Å². The number of nitrogens with zero attached hydrogens (tertiary/aromatic N) is 4. The zero-order valence-corrected chi connectivity index (χ0v) is 15.8. The highest BCUT2D eigenvalue weighted by Crippen LogP contribution is 2.29. The van der Waals surface area contributed by atoms with Gasteiger partial charge in [0.15, 0.2) is 0 Å². The molecule has 0 radical (unpaired) electrons. The van der Waals surface area contributed by atoms with Crippen LogP contribution in [-0.4, -0.2) is 49.7 Å². The molecule has 1 saturated heterocycles. The SMILES string of the molecule is Cc1nc(C(=O)N2CCC(C(=O)O)C(C)C2)nn1-c1c(Cl)cccc1Cl. The van der Waals surface area contributed by atoms with E-state index in [1.54, 1.807) is 30.0 Å².